The topological polar surface area (TPSA) is 27.1 Å². The zero-order valence-corrected chi connectivity index (χ0v) is 12.5. The summed E-state index contributed by atoms with van der Waals surface area (Å²) in [6.45, 7) is 0.816. The number of nitrogens with zero attached hydrogens (tertiary/aromatic N) is 1. The molecule has 0 aromatic heterocycles. The molecule has 0 bridgehead atoms. The van der Waals surface area contributed by atoms with E-state index < -0.39 is 0 Å². The predicted molar refractivity (Wildman–Crippen MR) is 79.9 cm³/mol. The molecule has 1 aromatic rings. The minimum atomic E-state index is 0.478. The molecule has 98 valence electrons. The van der Waals surface area contributed by atoms with Crippen LogP contribution in [0.4, 0.5) is 0 Å². The van der Waals surface area contributed by atoms with Crippen molar-refractivity contribution in [2.45, 2.75) is 38.6 Å². The second-order valence-electron chi connectivity index (χ2n) is 5.17. The van der Waals surface area contributed by atoms with Crippen molar-refractivity contribution in [1.82, 2.24) is 4.90 Å². The van der Waals surface area contributed by atoms with Crippen LogP contribution in [0, 0.1) is 11.3 Å². The van der Waals surface area contributed by atoms with Crippen molar-refractivity contribution in [3.05, 3.63) is 34.3 Å². The van der Waals surface area contributed by atoms with Gasteiger partial charge in [-0.25, -0.2) is 0 Å². The molecule has 0 aliphatic heterocycles. The first-order valence-electron chi connectivity index (χ1n) is 6.71. The molecule has 2 nitrogen and oxygen atoms in total. The number of halogens is 1. The van der Waals surface area contributed by atoms with Crippen molar-refractivity contribution in [1.29, 1.82) is 5.41 Å². The van der Waals surface area contributed by atoms with Crippen molar-refractivity contribution in [3.63, 3.8) is 0 Å². The molecule has 0 saturated heterocycles. The predicted octanol–water partition coefficient (Wildman–Crippen LogP) is 4.44. The van der Waals surface area contributed by atoms with Crippen LogP contribution >= 0.6 is 15.9 Å². The van der Waals surface area contributed by atoms with Crippen LogP contribution in [0.25, 0.3) is 0 Å². The Labute approximate surface area is 118 Å². The van der Waals surface area contributed by atoms with Gasteiger partial charge in [0, 0.05) is 24.0 Å². The Hall–Kier alpha value is -0.830. The standard InChI is InChI=1S/C15H21BrN2/c1-18(11-13-9-5-6-10-14(13)16)15(17)12-7-3-2-4-8-12/h5-6,9-10,12,17H,2-4,7-8,11H2,1H3. The highest BCUT2D eigenvalue weighted by Crippen LogP contribution is 2.26. The van der Waals surface area contributed by atoms with Gasteiger partial charge in [-0.05, 0) is 24.5 Å². The first-order valence-corrected chi connectivity index (χ1v) is 7.51. The second kappa shape index (κ2) is 6.37. The molecule has 0 spiro atoms. The fraction of sp³-hybridized carbons (Fsp3) is 0.533. The van der Waals surface area contributed by atoms with Gasteiger partial charge < -0.3 is 4.90 Å². The molecule has 0 radical (unpaired) electrons. The summed E-state index contributed by atoms with van der Waals surface area (Å²) in [5.74, 6) is 1.29. The first-order chi connectivity index (χ1) is 8.68. The van der Waals surface area contributed by atoms with E-state index in [1.165, 1.54) is 37.7 Å². The Morgan fingerprint density at radius 1 is 1.28 bits per heavy atom. The van der Waals surface area contributed by atoms with Gasteiger partial charge in [-0.2, -0.15) is 0 Å². The first kappa shape index (κ1) is 13.6. The van der Waals surface area contributed by atoms with Gasteiger partial charge in [0.15, 0.2) is 0 Å². The smallest absolute Gasteiger partial charge is 0.0989 e. The van der Waals surface area contributed by atoms with Crippen LogP contribution in [0.1, 0.15) is 37.7 Å². The third-order valence-electron chi connectivity index (χ3n) is 3.77. The Balaban J connectivity index is 1.96. The van der Waals surface area contributed by atoms with Crippen molar-refractivity contribution in [3.8, 4) is 0 Å². The average Bonchev–Trinajstić information content (AvgIpc) is 2.41. The Kier molecular flexibility index (Phi) is 4.81. The molecular formula is C15H21BrN2. The van der Waals surface area contributed by atoms with Crippen LogP contribution in [0.3, 0.4) is 0 Å². The molecular weight excluding hydrogens is 288 g/mol. The maximum Gasteiger partial charge on any atom is 0.0989 e. The van der Waals surface area contributed by atoms with E-state index in [1.807, 2.05) is 13.1 Å². The van der Waals surface area contributed by atoms with E-state index in [2.05, 4.69) is 39.0 Å². The van der Waals surface area contributed by atoms with Crippen molar-refractivity contribution in [2.75, 3.05) is 7.05 Å². The van der Waals surface area contributed by atoms with Crippen LogP contribution in [0.5, 0.6) is 0 Å². The van der Waals surface area contributed by atoms with E-state index in [9.17, 15) is 0 Å². The molecule has 1 aliphatic rings. The lowest BCUT2D eigenvalue weighted by molar-refractivity contribution is 0.382. The number of amidine groups is 1. The second-order valence-corrected chi connectivity index (χ2v) is 6.02. The van der Waals surface area contributed by atoms with Crippen LogP contribution in [-0.2, 0) is 6.54 Å². The highest BCUT2D eigenvalue weighted by atomic mass is 79.9. The lowest BCUT2D eigenvalue weighted by Crippen LogP contribution is -2.33. The Morgan fingerprint density at radius 3 is 2.61 bits per heavy atom. The summed E-state index contributed by atoms with van der Waals surface area (Å²) in [5.41, 5.74) is 1.25. The summed E-state index contributed by atoms with van der Waals surface area (Å²) in [7, 11) is 2.04. The Morgan fingerprint density at radius 2 is 1.94 bits per heavy atom. The SMILES string of the molecule is CN(Cc1ccccc1Br)C(=N)C1CCCCC1. The van der Waals surface area contributed by atoms with E-state index in [0.29, 0.717) is 5.92 Å². The molecule has 1 saturated carbocycles. The van der Waals surface area contributed by atoms with Gasteiger partial charge in [0.2, 0.25) is 0 Å². The molecule has 1 N–H and O–H groups in total. The molecule has 18 heavy (non-hydrogen) atoms. The maximum absolute atomic E-state index is 8.32. The number of benzene rings is 1. The third-order valence-corrected chi connectivity index (χ3v) is 4.54. The van der Waals surface area contributed by atoms with E-state index >= 15 is 0 Å². The molecule has 1 fully saturated rings. The van der Waals surface area contributed by atoms with Gasteiger partial charge in [0.05, 0.1) is 5.84 Å². The van der Waals surface area contributed by atoms with E-state index in [0.717, 1.165) is 16.9 Å². The molecule has 0 amide bonds. The van der Waals surface area contributed by atoms with Gasteiger partial charge in [0.1, 0.15) is 0 Å². The summed E-state index contributed by atoms with van der Waals surface area (Å²) in [6.07, 6.45) is 6.31. The number of hydrogen-bond acceptors (Lipinski definition) is 1. The fourth-order valence-corrected chi connectivity index (χ4v) is 3.07. The number of hydrogen-bond donors (Lipinski definition) is 1. The van der Waals surface area contributed by atoms with Crippen molar-refractivity contribution in [2.24, 2.45) is 5.92 Å². The van der Waals surface area contributed by atoms with Crippen molar-refractivity contribution >= 4 is 21.8 Å². The lowest BCUT2D eigenvalue weighted by Gasteiger charge is -2.29. The molecule has 3 heteroatoms. The largest absolute Gasteiger partial charge is 0.359 e. The van der Waals surface area contributed by atoms with Gasteiger partial charge in [-0.3, -0.25) is 5.41 Å². The quantitative estimate of drug-likeness (QED) is 0.648. The minimum Gasteiger partial charge on any atom is -0.359 e. The molecule has 0 heterocycles. The van der Waals surface area contributed by atoms with Crippen LogP contribution < -0.4 is 0 Å². The molecule has 1 aromatic carbocycles. The zero-order chi connectivity index (χ0) is 13.0. The highest BCUT2D eigenvalue weighted by molar-refractivity contribution is 9.10. The molecule has 1 aliphatic carbocycles. The van der Waals surface area contributed by atoms with Gasteiger partial charge >= 0.3 is 0 Å². The highest BCUT2D eigenvalue weighted by Gasteiger charge is 2.21. The van der Waals surface area contributed by atoms with Crippen LogP contribution in [-0.4, -0.2) is 17.8 Å². The summed E-state index contributed by atoms with van der Waals surface area (Å²) >= 11 is 3.57. The lowest BCUT2D eigenvalue weighted by atomic mass is 9.88. The van der Waals surface area contributed by atoms with Gasteiger partial charge in [0.25, 0.3) is 0 Å². The summed E-state index contributed by atoms with van der Waals surface area (Å²) in [6, 6.07) is 8.26. The fourth-order valence-electron chi connectivity index (χ4n) is 2.66. The van der Waals surface area contributed by atoms with E-state index in [-0.39, 0.29) is 0 Å². The number of rotatable bonds is 3. The third kappa shape index (κ3) is 3.35. The monoisotopic (exact) mass is 308 g/mol. The normalized spacial score (nSPS) is 16.6. The van der Waals surface area contributed by atoms with Crippen LogP contribution in [0.2, 0.25) is 0 Å². The Bertz CT molecular complexity index is 411. The maximum atomic E-state index is 8.32. The summed E-state index contributed by atoms with van der Waals surface area (Å²) in [5, 5.41) is 8.32. The van der Waals surface area contributed by atoms with E-state index in [1.54, 1.807) is 0 Å². The average molecular weight is 309 g/mol. The molecule has 0 unspecified atom stereocenters. The zero-order valence-electron chi connectivity index (χ0n) is 11.0. The molecule has 0 atom stereocenters. The van der Waals surface area contributed by atoms with Gasteiger partial charge in [-0.15, -0.1) is 0 Å². The molecule has 2 rings (SSSR count). The summed E-state index contributed by atoms with van der Waals surface area (Å²) in [4.78, 5) is 2.09. The van der Waals surface area contributed by atoms with Crippen LogP contribution in [0.15, 0.2) is 28.7 Å². The number of nitrogens with one attached hydrogen (secondary N) is 1. The van der Waals surface area contributed by atoms with E-state index in [4.69, 9.17) is 5.41 Å². The van der Waals surface area contributed by atoms with Gasteiger partial charge in [-0.1, -0.05) is 53.4 Å². The minimum absolute atomic E-state index is 0.478. The van der Waals surface area contributed by atoms with Crippen molar-refractivity contribution < 1.29 is 0 Å². The summed E-state index contributed by atoms with van der Waals surface area (Å²) < 4.78 is 1.13.